The molecule has 1 aromatic heterocycles. The highest BCUT2D eigenvalue weighted by molar-refractivity contribution is 5.94. The van der Waals surface area contributed by atoms with Crippen LogP contribution in [0.1, 0.15) is 57.4 Å². The summed E-state index contributed by atoms with van der Waals surface area (Å²) < 4.78 is 5.79. The van der Waals surface area contributed by atoms with E-state index in [0.717, 1.165) is 41.5 Å². The molecule has 36 heavy (non-hydrogen) atoms. The molecule has 5 aliphatic rings. The summed E-state index contributed by atoms with van der Waals surface area (Å²) in [6.45, 7) is 3.40. The van der Waals surface area contributed by atoms with E-state index in [2.05, 4.69) is 29.3 Å². The first-order chi connectivity index (χ1) is 17.5. The normalized spacial score (nSPS) is 19.4. The van der Waals surface area contributed by atoms with Crippen molar-refractivity contribution in [1.82, 2.24) is 9.88 Å². The number of rotatable bonds is 2. The number of ether oxygens (including phenoxy) is 1. The van der Waals surface area contributed by atoms with Gasteiger partial charge in [-0.15, -0.1) is 0 Å². The summed E-state index contributed by atoms with van der Waals surface area (Å²) in [6.07, 6.45) is 8.23. The number of amides is 1. The zero-order valence-electron chi connectivity index (χ0n) is 20.4. The fraction of sp³-hybridized carbons (Fsp3) is 0.300. The van der Waals surface area contributed by atoms with Gasteiger partial charge in [0.2, 0.25) is 5.88 Å². The Bertz CT molecular complexity index is 1280. The lowest BCUT2D eigenvalue weighted by atomic mass is 9.80. The van der Waals surface area contributed by atoms with Crippen molar-refractivity contribution in [2.24, 2.45) is 5.92 Å². The maximum Gasteiger partial charge on any atom is 0.307 e. The van der Waals surface area contributed by atoms with Gasteiger partial charge in [-0.1, -0.05) is 55.5 Å². The Morgan fingerprint density at radius 2 is 1.86 bits per heavy atom. The number of carboxylic acid groups (broad SMARTS) is 1. The Hall–Kier alpha value is -3.93. The third-order valence-electron chi connectivity index (χ3n) is 7.15. The van der Waals surface area contributed by atoms with Gasteiger partial charge in [-0.25, -0.2) is 4.98 Å². The van der Waals surface area contributed by atoms with Crippen LogP contribution in [0.15, 0.2) is 72.9 Å². The van der Waals surface area contributed by atoms with Gasteiger partial charge in [-0.3, -0.25) is 9.59 Å². The number of aromatic nitrogens is 1. The fourth-order valence-electron chi connectivity index (χ4n) is 5.05. The first-order valence-corrected chi connectivity index (χ1v) is 12.5. The second kappa shape index (κ2) is 10.4. The van der Waals surface area contributed by atoms with E-state index in [4.69, 9.17) is 4.74 Å². The van der Waals surface area contributed by atoms with Crippen LogP contribution < -0.4 is 4.74 Å². The smallest absolute Gasteiger partial charge is 0.307 e. The van der Waals surface area contributed by atoms with Crippen LogP contribution in [-0.2, 0) is 24.2 Å². The Morgan fingerprint density at radius 3 is 2.61 bits per heavy atom. The molecule has 6 nitrogen and oxygen atoms in total. The van der Waals surface area contributed by atoms with Gasteiger partial charge < -0.3 is 14.7 Å². The van der Waals surface area contributed by atoms with Gasteiger partial charge in [-0.05, 0) is 59.2 Å². The van der Waals surface area contributed by atoms with Crippen LogP contribution in [0.2, 0.25) is 0 Å². The van der Waals surface area contributed by atoms with Crippen LogP contribution in [0.3, 0.4) is 0 Å². The minimum atomic E-state index is -0.865. The standard InChI is InChI=1S/C30H30N2O4/c1-20(30(34)35)28-24-11-10-22-14-15-32(19-26(22)17-24)29(33)23-8-6-21(7-9-23)5-3-2-4-16-36-27-13-12-25(28)18-31-27/h2-3,6-13,17-18,20,28H,4-5,14-16,19H2,1H3,(H,34,35)/b3-2+/t20-,28-/m0/s1. The van der Waals surface area contributed by atoms with E-state index in [1.807, 2.05) is 47.4 Å². The van der Waals surface area contributed by atoms with Crippen molar-refractivity contribution < 1.29 is 19.4 Å². The molecule has 3 aromatic rings. The van der Waals surface area contributed by atoms with Crippen molar-refractivity contribution in [2.45, 2.75) is 38.6 Å². The molecule has 7 bridgehead atoms. The van der Waals surface area contributed by atoms with Crippen LogP contribution in [0.5, 0.6) is 5.88 Å². The molecular weight excluding hydrogens is 452 g/mol. The largest absolute Gasteiger partial charge is 0.481 e. The SMILES string of the molecule is C[C@H](C(=O)O)[C@@H]1c2ccc(nc2)OCC/C=C/Cc2ccc(cc2)C(=O)N2CCc3ccc1cc3C2. The summed E-state index contributed by atoms with van der Waals surface area (Å²) in [6, 6.07) is 17.7. The molecule has 5 aliphatic heterocycles. The number of carbonyl (C=O) groups is 2. The van der Waals surface area contributed by atoms with Gasteiger partial charge in [0.25, 0.3) is 5.91 Å². The van der Waals surface area contributed by atoms with Gasteiger partial charge in [0, 0.05) is 36.8 Å². The zero-order valence-corrected chi connectivity index (χ0v) is 20.4. The first kappa shape index (κ1) is 23.8. The average Bonchev–Trinajstić information content (AvgIpc) is 2.90. The van der Waals surface area contributed by atoms with E-state index in [9.17, 15) is 14.7 Å². The minimum Gasteiger partial charge on any atom is -0.481 e. The highest BCUT2D eigenvalue weighted by Gasteiger charge is 2.29. The lowest BCUT2D eigenvalue weighted by Crippen LogP contribution is -2.36. The monoisotopic (exact) mass is 482 g/mol. The van der Waals surface area contributed by atoms with Crippen molar-refractivity contribution in [3.63, 3.8) is 0 Å². The maximum absolute atomic E-state index is 13.3. The molecule has 0 saturated heterocycles. The molecule has 184 valence electrons. The van der Waals surface area contributed by atoms with Crippen molar-refractivity contribution in [1.29, 1.82) is 0 Å². The second-order valence-corrected chi connectivity index (χ2v) is 9.55. The number of allylic oxidation sites excluding steroid dienone is 1. The molecule has 1 amide bonds. The first-order valence-electron chi connectivity index (χ1n) is 12.5. The number of aliphatic carboxylic acids is 1. The Kier molecular flexibility index (Phi) is 6.85. The number of hydrogen-bond acceptors (Lipinski definition) is 4. The van der Waals surface area contributed by atoms with Crippen LogP contribution in [0, 0.1) is 5.92 Å². The highest BCUT2D eigenvalue weighted by atomic mass is 16.5. The predicted octanol–water partition coefficient (Wildman–Crippen LogP) is 5.01. The summed E-state index contributed by atoms with van der Waals surface area (Å²) in [5, 5.41) is 9.88. The molecule has 0 spiro atoms. The molecule has 8 rings (SSSR count). The zero-order chi connectivity index (χ0) is 25.1. The molecule has 0 fully saturated rings. The number of nitrogens with zero attached hydrogens (tertiary/aromatic N) is 2. The minimum absolute atomic E-state index is 0.0198. The van der Waals surface area contributed by atoms with E-state index in [-0.39, 0.29) is 11.8 Å². The van der Waals surface area contributed by atoms with Gasteiger partial charge in [0.1, 0.15) is 0 Å². The van der Waals surface area contributed by atoms with Crippen LogP contribution in [0.25, 0.3) is 0 Å². The van der Waals surface area contributed by atoms with Crippen molar-refractivity contribution in [3.05, 3.63) is 106 Å². The molecular formula is C30H30N2O4. The quantitative estimate of drug-likeness (QED) is 0.519. The Morgan fingerprint density at radius 1 is 1.06 bits per heavy atom. The van der Waals surface area contributed by atoms with Crippen molar-refractivity contribution in [2.75, 3.05) is 13.2 Å². The van der Waals surface area contributed by atoms with Crippen molar-refractivity contribution >= 4 is 11.9 Å². The van der Waals surface area contributed by atoms with Crippen LogP contribution in [0.4, 0.5) is 0 Å². The Balaban J connectivity index is 1.54. The van der Waals surface area contributed by atoms with Crippen LogP contribution in [-0.4, -0.2) is 40.0 Å². The fourth-order valence-corrected chi connectivity index (χ4v) is 5.05. The lowest BCUT2D eigenvalue weighted by Gasteiger charge is -2.30. The van der Waals surface area contributed by atoms with E-state index in [1.54, 1.807) is 13.1 Å². The number of hydrogen-bond donors (Lipinski definition) is 1. The van der Waals surface area contributed by atoms with E-state index in [1.165, 1.54) is 5.56 Å². The number of pyridine rings is 1. The average molecular weight is 483 g/mol. The lowest BCUT2D eigenvalue weighted by molar-refractivity contribution is -0.141. The third-order valence-corrected chi connectivity index (χ3v) is 7.15. The summed E-state index contributed by atoms with van der Waals surface area (Å²) in [4.78, 5) is 31.7. The van der Waals surface area contributed by atoms with E-state index < -0.39 is 11.9 Å². The summed E-state index contributed by atoms with van der Waals surface area (Å²) >= 11 is 0. The molecule has 0 saturated carbocycles. The maximum atomic E-state index is 13.3. The molecule has 2 atom stereocenters. The molecule has 6 heteroatoms. The molecule has 0 radical (unpaired) electrons. The summed E-state index contributed by atoms with van der Waals surface area (Å²) in [5.41, 5.74) is 5.84. The number of carboxylic acids is 1. The van der Waals surface area contributed by atoms with Gasteiger partial charge >= 0.3 is 5.97 Å². The molecule has 2 aromatic carbocycles. The van der Waals surface area contributed by atoms with Crippen molar-refractivity contribution in [3.8, 4) is 5.88 Å². The number of benzene rings is 2. The molecule has 0 unspecified atom stereocenters. The van der Waals surface area contributed by atoms with Crippen LogP contribution >= 0.6 is 0 Å². The van der Waals surface area contributed by atoms with Gasteiger partial charge in [0.05, 0.1) is 12.5 Å². The predicted molar refractivity (Wildman–Crippen MR) is 137 cm³/mol. The molecule has 1 N–H and O–H groups in total. The number of carbonyl (C=O) groups excluding carboxylic acids is 1. The molecule has 0 aliphatic carbocycles. The topological polar surface area (TPSA) is 79.7 Å². The summed E-state index contributed by atoms with van der Waals surface area (Å²) in [7, 11) is 0. The van der Waals surface area contributed by atoms with E-state index in [0.29, 0.717) is 31.1 Å². The van der Waals surface area contributed by atoms with E-state index >= 15 is 0 Å². The third kappa shape index (κ3) is 5.03. The second-order valence-electron chi connectivity index (χ2n) is 9.55. The van der Waals surface area contributed by atoms with Gasteiger partial charge in [-0.2, -0.15) is 0 Å². The molecule has 6 heterocycles. The Labute approximate surface area is 211 Å². The van der Waals surface area contributed by atoms with Gasteiger partial charge in [0.15, 0.2) is 0 Å². The highest BCUT2D eigenvalue weighted by Crippen LogP contribution is 2.35. The summed E-state index contributed by atoms with van der Waals surface area (Å²) in [5.74, 6) is -1.34.